The minimum Gasteiger partial charge on any atom is -0.493 e. The molecular formula is C17H19N3O5. The maximum Gasteiger partial charge on any atom is 0.356 e. The molecule has 0 aliphatic rings. The van der Waals surface area contributed by atoms with Gasteiger partial charge in [-0.05, 0) is 31.0 Å². The first-order valence-corrected chi connectivity index (χ1v) is 7.51. The molecule has 1 aromatic heterocycles. The standard InChI is InChI=1S/C17H19N3O5/c1-10(6-11-4-5-14(24-2)15(7-11)25-3)20-16(21)12-8-19-13(9-18-12)17(22)23/h4-5,7-10H,6H2,1-3H3,(H,20,21)(H,22,23). The monoisotopic (exact) mass is 345 g/mol. The topological polar surface area (TPSA) is 111 Å². The molecule has 8 heteroatoms. The zero-order valence-corrected chi connectivity index (χ0v) is 14.1. The van der Waals surface area contributed by atoms with Crippen LogP contribution in [0.3, 0.4) is 0 Å². The lowest BCUT2D eigenvalue weighted by Crippen LogP contribution is -2.34. The largest absolute Gasteiger partial charge is 0.493 e. The van der Waals surface area contributed by atoms with Crippen LogP contribution in [0.5, 0.6) is 11.5 Å². The van der Waals surface area contributed by atoms with Gasteiger partial charge in [-0.15, -0.1) is 0 Å². The maximum atomic E-state index is 12.1. The summed E-state index contributed by atoms with van der Waals surface area (Å²) >= 11 is 0. The average Bonchev–Trinajstić information content (AvgIpc) is 2.61. The summed E-state index contributed by atoms with van der Waals surface area (Å²) in [5.74, 6) is -0.357. The van der Waals surface area contributed by atoms with Gasteiger partial charge in [0.15, 0.2) is 17.2 Å². The number of hydrogen-bond acceptors (Lipinski definition) is 6. The summed E-state index contributed by atoms with van der Waals surface area (Å²) in [7, 11) is 3.13. The van der Waals surface area contributed by atoms with Gasteiger partial charge in [-0.3, -0.25) is 4.79 Å². The number of nitrogens with zero attached hydrogens (tertiary/aromatic N) is 2. The zero-order chi connectivity index (χ0) is 18.4. The Balaban J connectivity index is 2.00. The number of carbonyl (C=O) groups excluding carboxylic acids is 1. The van der Waals surface area contributed by atoms with E-state index in [1.807, 2.05) is 19.1 Å². The van der Waals surface area contributed by atoms with Crippen molar-refractivity contribution < 1.29 is 24.2 Å². The van der Waals surface area contributed by atoms with Crippen molar-refractivity contribution in [2.45, 2.75) is 19.4 Å². The van der Waals surface area contributed by atoms with E-state index in [1.165, 1.54) is 0 Å². The molecule has 1 aromatic carbocycles. The third-order valence-corrected chi connectivity index (χ3v) is 3.47. The lowest BCUT2D eigenvalue weighted by Gasteiger charge is -2.15. The molecule has 0 saturated carbocycles. The van der Waals surface area contributed by atoms with Gasteiger partial charge in [-0.2, -0.15) is 0 Å². The van der Waals surface area contributed by atoms with E-state index in [2.05, 4.69) is 15.3 Å². The first kappa shape index (κ1) is 18.2. The number of carboxylic acids is 1. The summed E-state index contributed by atoms with van der Waals surface area (Å²) in [5, 5.41) is 11.6. The normalized spacial score (nSPS) is 11.5. The summed E-state index contributed by atoms with van der Waals surface area (Å²) in [5.41, 5.74) is 0.817. The molecule has 0 spiro atoms. The van der Waals surface area contributed by atoms with Crippen LogP contribution in [-0.2, 0) is 6.42 Å². The summed E-state index contributed by atoms with van der Waals surface area (Å²) in [6.07, 6.45) is 2.77. The van der Waals surface area contributed by atoms with Gasteiger partial charge >= 0.3 is 5.97 Å². The Bertz CT molecular complexity index is 761. The minimum atomic E-state index is -1.19. The number of carbonyl (C=O) groups is 2. The van der Waals surface area contributed by atoms with Crippen molar-refractivity contribution in [3.8, 4) is 11.5 Å². The number of benzene rings is 1. The smallest absolute Gasteiger partial charge is 0.356 e. The molecule has 8 nitrogen and oxygen atoms in total. The molecule has 0 aliphatic heterocycles. The molecule has 1 atom stereocenters. The summed E-state index contributed by atoms with van der Waals surface area (Å²) in [6.45, 7) is 1.85. The Morgan fingerprint density at radius 1 is 1.12 bits per heavy atom. The Kier molecular flexibility index (Phi) is 5.89. The van der Waals surface area contributed by atoms with Crippen molar-refractivity contribution in [1.29, 1.82) is 0 Å². The number of hydrogen-bond donors (Lipinski definition) is 2. The molecule has 2 rings (SSSR count). The van der Waals surface area contributed by atoms with E-state index in [0.29, 0.717) is 17.9 Å². The van der Waals surface area contributed by atoms with Crippen LogP contribution in [0, 0.1) is 0 Å². The van der Waals surface area contributed by atoms with Gasteiger partial charge in [0.25, 0.3) is 5.91 Å². The lowest BCUT2D eigenvalue weighted by atomic mass is 10.1. The third kappa shape index (κ3) is 4.66. The minimum absolute atomic E-state index is 0.0594. The van der Waals surface area contributed by atoms with E-state index in [9.17, 15) is 9.59 Å². The predicted octanol–water partition coefficient (Wildman–Crippen LogP) is 1.55. The number of aromatic nitrogens is 2. The predicted molar refractivity (Wildman–Crippen MR) is 89.2 cm³/mol. The Hall–Kier alpha value is -3.16. The Labute approximate surface area is 144 Å². The van der Waals surface area contributed by atoms with E-state index in [4.69, 9.17) is 14.6 Å². The average molecular weight is 345 g/mol. The SMILES string of the molecule is COc1ccc(CC(C)NC(=O)c2cnc(C(=O)O)cn2)cc1OC. The number of ether oxygens (including phenoxy) is 2. The van der Waals surface area contributed by atoms with Gasteiger partial charge in [-0.1, -0.05) is 6.07 Å². The maximum absolute atomic E-state index is 12.1. The van der Waals surface area contributed by atoms with Crippen LogP contribution < -0.4 is 14.8 Å². The van der Waals surface area contributed by atoms with Crippen molar-refractivity contribution in [1.82, 2.24) is 15.3 Å². The second-order valence-corrected chi connectivity index (χ2v) is 5.36. The fourth-order valence-electron chi connectivity index (χ4n) is 2.27. The van der Waals surface area contributed by atoms with E-state index in [-0.39, 0.29) is 17.4 Å². The van der Waals surface area contributed by atoms with Crippen molar-refractivity contribution >= 4 is 11.9 Å². The van der Waals surface area contributed by atoms with Crippen molar-refractivity contribution in [3.63, 3.8) is 0 Å². The van der Waals surface area contributed by atoms with Gasteiger partial charge < -0.3 is 19.9 Å². The molecule has 1 amide bonds. The number of nitrogens with one attached hydrogen (secondary N) is 1. The second-order valence-electron chi connectivity index (χ2n) is 5.36. The van der Waals surface area contributed by atoms with Crippen LogP contribution in [0.4, 0.5) is 0 Å². The Morgan fingerprint density at radius 2 is 1.76 bits per heavy atom. The van der Waals surface area contributed by atoms with Crippen LogP contribution in [0.2, 0.25) is 0 Å². The molecule has 1 unspecified atom stereocenters. The summed E-state index contributed by atoms with van der Waals surface area (Å²) < 4.78 is 10.5. The Morgan fingerprint density at radius 3 is 2.32 bits per heavy atom. The first-order valence-electron chi connectivity index (χ1n) is 7.51. The molecule has 0 bridgehead atoms. The highest BCUT2D eigenvalue weighted by molar-refractivity contribution is 5.92. The molecule has 25 heavy (non-hydrogen) atoms. The molecule has 0 aliphatic carbocycles. The quantitative estimate of drug-likeness (QED) is 0.783. The van der Waals surface area contributed by atoms with Gasteiger partial charge in [0.1, 0.15) is 5.69 Å². The van der Waals surface area contributed by atoms with Gasteiger partial charge in [-0.25, -0.2) is 14.8 Å². The zero-order valence-electron chi connectivity index (χ0n) is 14.1. The fourth-order valence-corrected chi connectivity index (χ4v) is 2.27. The van der Waals surface area contributed by atoms with Crippen LogP contribution in [0.25, 0.3) is 0 Å². The van der Waals surface area contributed by atoms with Crippen LogP contribution >= 0.6 is 0 Å². The molecule has 0 fully saturated rings. The van der Waals surface area contributed by atoms with Crippen LogP contribution in [0.1, 0.15) is 33.5 Å². The van der Waals surface area contributed by atoms with E-state index in [0.717, 1.165) is 18.0 Å². The molecule has 2 aromatic rings. The molecule has 1 heterocycles. The molecule has 2 N–H and O–H groups in total. The van der Waals surface area contributed by atoms with Crippen molar-refractivity contribution in [3.05, 3.63) is 47.5 Å². The number of rotatable bonds is 7. The fraction of sp³-hybridized carbons (Fsp3) is 0.294. The highest BCUT2D eigenvalue weighted by atomic mass is 16.5. The van der Waals surface area contributed by atoms with Crippen LogP contribution in [-0.4, -0.2) is 47.2 Å². The van der Waals surface area contributed by atoms with E-state index < -0.39 is 11.9 Å². The van der Waals surface area contributed by atoms with Crippen molar-refractivity contribution in [2.75, 3.05) is 14.2 Å². The molecule has 132 valence electrons. The molecule has 0 radical (unpaired) electrons. The molecular weight excluding hydrogens is 326 g/mol. The number of methoxy groups -OCH3 is 2. The molecule has 0 saturated heterocycles. The van der Waals surface area contributed by atoms with Crippen molar-refractivity contribution in [2.24, 2.45) is 0 Å². The lowest BCUT2D eigenvalue weighted by molar-refractivity contribution is 0.0689. The number of amides is 1. The van der Waals surface area contributed by atoms with Gasteiger partial charge in [0.05, 0.1) is 26.6 Å². The highest BCUT2D eigenvalue weighted by Gasteiger charge is 2.14. The van der Waals surface area contributed by atoms with Crippen LogP contribution in [0.15, 0.2) is 30.6 Å². The summed E-state index contributed by atoms with van der Waals surface area (Å²) in [6, 6.07) is 5.37. The second kappa shape index (κ2) is 8.09. The first-order chi connectivity index (χ1) is 11.9. The van der Waals surface area contributed by atoms with E-state index >= 15 is 0 Å². The number of aromatic carboxylic acids is 1. The van der Waals surface area contributed by atoms with Gasteiger partial charge in [0.2, 0.25) is 0 Å². The third-order valence-electron chi connectivity index (χ3n) is 3.47. The summed E-state index contributed by atoms with van der Waals surface area (Å²) in [4.78, 5) is 30.4. The highest BCUT2D eigenvalue weighted by Crippen LogP contribution is 2.27. The number of carboxylic acid groups (broad SMARTS) is 1. The van der Waals surface area contributed by atoms with Gasteiger partial charge in [0, 0.05) is 6.04 Å². The van der Waals surface area contributed by atoms with E-state index in [1.54, 1.807) is 20.3 Å².